The zero-order valence-electron chi connectivity index (χ0n) is 13.4. The molecule has 1 N–H and O–H groups in total. The third-order valence-electron chi connectivity index (χ3n) is 3.19. The van der Waals surface area contributed by atoms with Crippen molar-refractivity contribution < 1.29 is 9.59 Å². The number of hydrogen-bond donors (Lipinski definition) is 1. The van der Waals surface area contributed by atoms with Crippen molar-refractivity contribution in [2.75, 3.05) is 38.6 Å². The van der Waals surface area contributed by atoms with Crippen LogP contribution in [0.3, 0.4) is 0 Å². The number of halogens is 1. The van der Waals surface area contributed by atoms with E-state index < -0.39 is 0 Å². The van der Waals surface area contributed by atoms with Crippen LogP contribution in [-0.2, 0) is 9.59 Å². The minimum Gasteiger partial charge on any atom is -0.356 e. The quantitative estimate of drug-likeness (QED) is 0.715. The van der Waals surface area contributed by atoms with Crippen LogP contribution >= 0.6 is 15.9 Å². The van der Waals surface area contributed by atoms with Gasteiger partial charge in [0.1, 0.15) is 0 Å². The second kappa shape index (κ2) is 9.58. The Bertz CT molecular complexity index is 489. The van der Waals surface area contributed by atoms with Gasteiger partial charge in [-0.2, -0.15) is 0 Å². The van der Waals surface area contributed by atoms with Crippen LogP contribution in [0.4, 0.5) is 5.69 Å². The number of nitrogens with zero attached hydrogens (tertiary/aromatic N) is 2. The standard InChI is InChI=1S/C16H24BrN3O2/c1-13(21)20(15-7-5-14(17)6-8-15)12-9-16(22)18-10-4-11-19(2)3/h5-8H,4,9-12H2,1-3H3,(H,18,22). The third kappa shape index (κ3) is 7.04. The lowest BCUT2D eigenvalue weighted by atomic mass is 10.2. The highest BCUT2D eigenvalue weighted by Crippen LogP contribution is 2.18. The third-order valence-corrected chi connectivity index (χ3v) is 3.71. The van der Waals surface area contributed by atoms with Gasteiger partial charge in [0.15, 0.2) is 0 Å². The van der Waals surface area contributed by atoms with Gasteiger partial charge in [-0.15, -0.1) is 0 Å². The summed E-state index contributed by atoms with van der Waals surface area (Å²) in [6, 6.07) is 7.49. The Kier molecular flexibility index (Phi) is 8.12. The van der Waals surface area contributed by atoms with Crippen molar-refractivity contribution in [3.8, 4) is 0 Å². The Hall–Kier alpha value is -1.40. The Balaban J connectivity index is 2.43. The van der Waals surface area contributed by atoms with Gasteiger partial charge in [-0.1, -0.05) is 15.9 Å². The number of carbonyl (C=O) groups excluding carboxylic acids is 2. The van der Waals surface area contributed by atoms with Crippen molar-refractivity contribution in [2.24, 2.45) is 0 Å². The summed E-state index contributed by atoms with van der Waals surface area (Å²) in [5, 5.41) is 2.88. The lowest BCUT2D eigenvalue weighted by Crippen LogP contribution is -2.34. The lowest BCUT2D eigenvalue weighted by molar-refractivity contribution is -0.121. The molecule has 0 radical (unpaired) electrons. The number of amides is 2. The Morgan fingerprint density at radius 1 is 1.14 bits per heavy atom. The molecule has 0 aliphatic carbocycles. The maximum Gasteiger partial charge on any atom is 0.223 e. The average molecular weight is 370 g/mol. The second-order valence-electron chi connectivity index (χ2n) is 5.40. The molecule has 1 rings (SSSR count). The molecular weight excluding hydrogens is 346 g/mol. The van der Waals surface area contributed by atoms with Gasteiger partial charge < -0.3 is 15.1 Å². The summed E-state index contributed by atoms with van der Waals surface area (Å²) in [5.74, 6) is -0.0927. The molecule has 0 unspecified atom stereocenters. The molecule has 2 amide bonds. The van der Waals surface area contributed by atoms with Gasteiger partial charge in [-0.3, -0.25) is 9.59 Å². The Labute approximate surface area is 140 Å². The molecule has 0 saturated carbocycles. The molecule has 0 saturated heterocycles. The van der Waals surface area contributed by atoms with Crippen LogP contribution in [0.5, 0.6) is 0 Å². The number of rotatable bonds is 8. The van der Waals surface area contributed by atoms with Crippen LogP contribution in [0.1, 0.15) is 19.8 Å². The summed E-state index contributed by atoms with van der Waals surface area (Å²) in [6.45, 7) is 3.50. The highest BCUT2D eigenvalue weighted by Gasteiger charge is 2.13. The summed E-state index contributed by atoms with van der Waals surface area (Å²) >= 11 is 3.37. The van der Waals surface area contributed by atoms with E-state index in [1.54, 1.807) is 4.90 Å². The van der Waals surface area contributed by atoms with Crippen LogP contribution in [0.2, 0.25) is 0 Å². The zero-order valence-corrected chi connectivity index (χ0v) is 15.0. The number of carbonyl (C=O) groups is 2. The highest BCUT2D eigenvalue weighted by atomic mass is 79.9. The fourth-order valence-corrected chi connectivity index (χ4v) is 2.28. The molecule has 0 aromatic heterocycles. The first-order valence-electron chi connectivity index (χ1n) is 7.35. The molecule has 22 heavy (non-hydrogen) atoms. The zero-order chi connectivity index (χ0) is 16.5. The molecule has 1 aromatic rings. The van der Waals surface area contributed by atoms with Gasteiger partial charge in [-0.05, 0) is 51.3 Å². The number of nitrogens with one attached hydrogen (secondary N) is 1. The molecule has 0 heterocycles. The summed E-state index contributed by atoms with van der Waals surface area (Å²) < 4.78 is 0.957. The van der Waals surface area contributed by atoms with Gasteiger partial charge in [-0.25, -0.2) is 0 Å². The maximum absolute atomic E-state index is 11.8. The van der Waals surface area contributed by atoms with E-state index in [1.807, 2.05) is 38.4 Å². The van der Waals surface area contributed by atoms with Crippen LogP contribution in [0.25, 0.3) is 0 Å². The molecule has 6 heteroatoms. The molecule has 1 aromatic carbocycles. The molecule has 5 nitrogen and oxygen atoms in total. The molecule has 0 aliphatic rings. The van der Waals surface area contributed by atoms with E-state index in [0.29, 0.717) is 19.5 Å². The fraction of sp³-hybridized carbons (Fsp3) is 0.500. The Morgan fingerprint density at radius 2 is 1.77 bits per heavy atom. The van der Waals surface area contributed by atoms with E-state index in [-0.39, 0.29) is 11.8 Å². The number of anilines is 1. The minimum absolute atomic E-state index is 0.0258. The predicted molar refractivity (Wildman–Crippen MR) is 93.0 cm³/mol. The molecule has 0 aliphatic heterocycles. The summed E-state index contributed by atoms with van der Waals surface area (Å²) in [4.78, 5) is 27.3. The van der Waals surface area contributed by atoms with Crippen molar-refractivity contribution in [2.45, 2.75) is 19.8 Å². The van der Waals surface area contributed by atoms with Gasteiger partial charge >= 0.3 is 0 Å². The van der Waals surface area contributed by atoms with Crippen molar-refractivity contribution in [1.82, 2.24) is 10.2 Å². The fourth-order valence-electron chi connectivity index (χ4n) is 2.01. The van der Waals surface area contributed by atoms with E-state index in [2.05, 4.69) is 26.1 Å². The first-order chi connectivity index (χ1) is 10.4. The average Bonchev–Trinajstić information content (AvgIpc) is 2.45. The molecule has 0 spiro atoms. The molecular formula is C16H24BrN3O2. The monoisotopic (exact) mass is 369 g/mol. The second-order valence-corrected chi connectivity index (χ2v) is 6.32. The number of hydrogen-bond acceptors (Lipinski definition) is 3. The van der Waals surface area contributed by atoms with Crippen LogP contribution in [0, 0.1) is 0 Å². The first-order valence-corrected chi connectivity index (χ1v) is 8.14. The predicted octanol–water partition coefficient (Wildman–Crippen LogP) is 2.26. The Morgan fingerprint density at radius 3 is 2.32 bits per heavy atom. The van der Waals surface area contributed by atoms with Gasteiger partial charge in [0, 0.05) is 36.6 Å². The van der Waals surface area contributed by atoms with Gasteiger partial charge in [0.2, 0.25) is 11.8 Å². The summed E-state index contributed by atoms with van der Waals surface area (Å²) in [6.07, 6.45) is 1.22. The highest BCUT2D eigenvalue weighted by molar-refractivity contribution is 9.10. The molecule has 122 valence electrons. The van der Waals surface area contributed by atoms with Crippen molar-refractivity contribution in [1.29, 1.82) is 0 Å². The van der Waals surface area contributed by atoms with Crippen LogP contribution in [0.15, 0.2) is 28.7 Å². The lowest BCUT2D eigenvalue weighted by Gasteiger charge is -2.21. The van der Waals surface area contributed by atoms with E-state index in [4.69, 9.17) is 0 Å². The van der Waals surface area contributed by atoms with Crippen molar-refractivity contribution in [3.05, 3.63) is 28.7 Å². The largest absolute Gasteiger partial charge is 0.356 e. The maximum atomic E-state index is 11.8. The molecule has 0 atom stereocenters. The van der Waals surface area contributed by atoms with Crippen LogP contribution in [-0.4, -0.2) is 50.4 Å². The first kappa shape index (κ1) is 18.6. The smallest absolute Gasteiger partial charge is 0.223 e. The topological polar surface area (TPSA) is 52.7 Å². The summed E-state index contributed by atoms with van der Waals surface area (Å²) in [5.41, 5.74) is 0.802. The van der Waals surface area contributed by atoms with Crippen molar-refractivity contribution >= 4 is 33.4 Å². The van der Waals surface area contributed by atoms with Crippen LogP contribution < -0.4 is 10.2 Å². The van der Waals surface area contributed by atoms with E-state index in [9.17, 15) is 9.59 Å². The summed E-state index contributed by atoms with van der Waals surface area (Å²) in [7, 11) is 4.01. The van der Waals surface area contributed by atoms with E-state index in [0.717, 1.165) is 23.1 Å². The SMILES string of the molecule is CC(=O)N(CCC(=O)NCCCN(C)C)c1ccc(Br)cc1. The number of benzene rings is 1. The molecule has 0 bridgehead atoms. The van der Waals surface area contributed by atoms with E-state index >= 15 is 0 Å². The van der Waals surface area contributed by atoms with E-state index in [1.165, 1.54) is 6.92 Å². The molecule has 0 fully saturated rings. The minimum atomic E-state index is -0.0669. The van der Waals surface area contributed by atoms with Gasteiger partial charge in [0.05, 0.1) is 0 Å². The normalized spacial score (nSPS) is 10.6. The van der Waals surface area contributed by atoms with Crippen molar-refractivity contribution in [3.63, 3.8) is 0 Å². The van der Waals surface area contributed by atoms with Gasteiger partial charge in [0.25, 0.3) is 0 Å².